The van der Waals surface area contributed by atoms with E-state index in [1.165, 1.54) is 0 Å². The molecule has 1 saturated heterocycles. The summed E-state index contributed by atoms with van der Waals surface area (Å²) in [7, 11) is 0. The fourth-order valence-corrected chi connectivity index (χ4v) is 2.61. The number of β-amino-alcohol motifs (C(OH)–C–C–N with tert-alkyl or cyclic N) is 1. The number of aliphatic hydroxyl groups excluding tert-OH is 1. The number of piperidine rings is 1. The summed E-state index contributed by atoms with van der Waals surface area (Å²) < 4.78 is 0. The zero-order valence-electron chi connectivity index (χ0n) is 10.9. The van der Waals surface area contributed by atoms with Gasteiger partial charge in [-0.3, -0.25) is 4.79 Å². The number of nitrogens with zero attached hydrogens (tertiary/aromatic N) is 1. The molecule has 1 fully saturated rings. The van der Waals surface area contributed by atoms with Crippen molar-refractivity contribution in [3.63, 3.8) is 0 Å². The van der Waals surface area contributed by atoms with E-state index in [0.29, 0.717) is 6.54 Å². The normalized spacial score (nSPS) is 21.7. The van der Waals surface area contributed by atoms with Crippen LogP contribution in [0.3, 0.4) is 0 Å². The van der Waals surface area contributed by atoms with Gasteiger partial charge in [0, 0.05) is 13.1 Å². The molecule has 18 heavy (non-hydrogen) atoms. The average molecular weight is 247 g/mol. The first-order valence-corrected chi connectivity index (χ1v) is 6.74. The lowest BCUT2D eigenvalue weighted by Crippen LogP contribution is -2.44. The van der Waals surface area contributed by atoms with Crippen molar-refractivity contribution in [3.05, 3.63) is 35.9 Å². The monoisotopic (exact) mass is 247 g/mol. The molecule has 0 radical (unpaired) electrons. The van der Waals surface area contributed by atoms with E-state index in [1.54, 1.807) is 0 Å². The van der Waals surface area contributed by atoms with Gasteiger partial charge in [-0.25, -0.2) is 0 Å². The van der Waals surface area contributed by atoms with E-state index >= 15 is 0 Å². The highest BCUT2D eigenvalue weighted by Gasteiger charge is 2.27. The van der Waals surface area contributed by atoms with Crippen LogP contribution in [0.4, 0.5) is 0 Å². The molecular weight excluding hydrogens is 226 g/mol. The van der Waals surface area contributed by atoms with Crippen LogP contribution >= 0.6 is 0 Å². The number of amides is 1. The predicted molar refractivity (Wildman–Crippen MR) is 71.3 cm³/mol. The molecule has 1 N–H and O–H groups in total. The Morgan fingerprint density at radius 1 is 1.44 bits per heavy atom. The van der Waals surface area contributed by atoms with E-state index in [2.05, 4.69) is 0 Å². The van der Waals surface area contributed by atoms with Crippen LogP contribution in [0.15, 0.2) is 30.3 Å². The van der Waals surface area contributed by atoms with Gasteiger partial charge < -0.3 is 10.0 Å². The van der Waals surface area contributed by atoms with E-state index in [4.69, 9.17) is 0 Å². The molecule has 2 rings (SSSR count). The fraction of sp³-hybridized carbons (Fsp3) is 0.533. The standard InChI is InChI=1S/C15H21NO2/c1-2-14(12-7-4-3-5-8-12)15(18)16-10-6-9-13(17)11-16/h3-5,7-8,13-14,17H,2,6,9-11H2,1H3. The Morgan fingerprint density at radius 2 is 2.17 bits per heavy atom. The minimum atomic E-state index is -0.351. The number of rotatable bonds is 3. The lowest BCUT2D eigenvalue weighted by molar-refractivity contribution is -0.136. The molecule has 1 heterocycles. The van der Waals surface area contributed by atoms with Crippen LogP contribution in [0, 0.1) is 0 Å². The van der Waals surface area contributed by atoms with Gasteiger partial charge >= 0.3 is 0 Å². The molecule has 0 aliphatic carbocycles. The van der Waals surface area contributed by atoms with Crippen LogP contribution in [0.5, 0.6) is 0 Å². The van der Waals surface area contributed by atoms with Gasteiger partial charge in [-0.05, 0) is 24.8 Å². The maximum absolute atomic E-state index is 12.5. The summed E-state index contributed by atoms with van der Waals surface area (Å²) in [5, 5.41) is 9.66. The maximum Gasteiger partial charge on any atom is 0.230 e. The zero-order chi connectivity index (χ0) is 13.0. The van der Waals surface area contributed by atoms with Gasteiger partial charge in [0.25, 0.3) is 0 Å². The summed E-state index contributed by atoms with van der Waals surface area (Å²) in [5.74, 6) is 0.0824. The minimum absolute atomic E-state index is 0.0727. The first-order chi connectivity index (χ1) is 8.72. The van der Waals surface area contributed by atoms with Gasteiger partial charge in [0.15, 0.2) is 0 Å². The van der Waals surface area contributed by atoms with Crippen molar-refractivity contribution >= 4 is 5.91 Å². The molecule has 0 saturated carbocycles. The summed E-state index contributed by atoms with van der Waals surface area (Å²) in [6.07, 6.45) is 2.16. The van der Waals surface area contributed by atoms with Crippen molar-refractivity contribution < 1.29 is 9.90 Å². The molecule has 0 bridgehead atoms. The van der Waals surface area contributed by atoms with Crippen LogP contribution in [-0.4, -0.2) is 35.1 Å². The molecule has 1 aliphatic heterocycles. The molecule has 2 unspecified atom stereocenters. The van der Waals surface area contributed by atoms with Gasteiger partial charge in [0.05, 0.1) is 12.0 Å². The Morgan fingerprint density at radius 3 is 2.78 bits per heavy atom. The van der Waals surface area contributed by atoms with Gasteiger partial charge in [-0.2, -0.15) is 0 Å². The molecule has 0 aromatic heterocycles. The number of likely N-dealkylation sites (tertiary alicyclic amines) is 1. The van der Waals surface area contributed by atoms with Crippen molar-refractivity contribution in [2.75, 3.05) is 13.1 Å². The van der Waals surface area contributed by atoms with Gasteiger partial charge in [0.2, 0.25) is 5.91 Å². The highest BCUT2D eigenvalue weighted by atomic mass is 16.3. The Kier molecular flexibility index (Phi) is 4.37. The van der Waals surface area contributed by atoms with Crippen molar-refractivity contribution in [2.24, 2.45) is 0 Å². The maximum atomic E-state index is 12.5. The molecule has 1 aromatic carbocycles. The Labute approximate surface area is 108 Å². The average Bonchev–Trinajstić information content (AvgIpc) is 2.41. The molecule has 1 aromatic rings. The second-order valence-electron chi connectivity index (χ2n) is 4.95. The van der Waals surface area contributed by atoms with Crippen LogP contribution in [0.1, 0.15) is 37.7 Å². The number of hydrogen-bond acceptors (Lipinski definition) is 2. The molecule has 1 amide bonds. The molecule has 98 valence electrons. The lowest BCUT2D eigenvalue weighted by atomic mass is 9.94. The Hall–Kier alpha value is -1.35. The summed E-state index contributed by atoms with van der Waals surface area (Å²) in [5.41, 5.74) is 1.07. The fourth-order valence-electron chi connectivity index (χ4n) is 2.61. The number of carbonyl (C=O) groups is 1. The second-order valence-corrected chi connectivity index (χ2v) is 4.95. The van der Waals surface area contributed by atoms with Crippen molar-refractivity contribution in [1.29, 1.82) is 0 Å². The minimum Gasteiger partial charge on any atom is -0.391 e. The van der Waals surface area contributed by atoms with Gasteiger partial charge in [-0.1, -0.05) is 37.3 Å². The SMILES string of the molecule is CCC(C(=O)N1CCCC(O)C1)c1ccccc1. The largest absolute Gasteiger partial charge is 0.391 e. The summed E-state index contributed by atoms with van der Waals surface area (Å²) in [6.45, 7) is 3.30. The number of hydrogen-bond donors (Lipinski definition) is 1. The second kappa shape index (κ2) is 6.01. The number of benzene rings is 1. The third-order valence-electron chi connectivity index (χ3n) is 3.62. The summed E-state index contributed by atoms with van der Waals surface area (Å²) in [4.78, 5) is 14.3. The van der Waals surface area contributed by atoms with Crippen molar-refractivity contribution in [2.45, 2.75) is 38.2 Å². The van der Waals surface area contributed by atoms with Crippen LogP contribution in [0.2, 0.25) is 0 Å². The quantitative estimate of drug-likeness (QED) is 0.889. The van der Waals surface area contributed by atoms with E-state index in [-0.39, 0.29) is 17.9 Å². The van der Waals surface area contributed by atoms with Crippen LogP contribution < -0.4 is 0 Å². The lowest BCUT2D eigenvalue weighted by Gasteiger charge is -2.32. The number of carbonyl (C=O) groups excluding carboxylic acids is 1. The van der Waals surface area contributed by atoms with Crippen LogP contribution in [0.25, 0.3) is 0 Å². The number of aliphatic hydroxyl groups is 1. The van der Waals surface area contributed by atoms with E-state index in [9.17, 15) is 9.90 Å². The highest BCUT2D eigenvalue weighted by Crippen LogP contribution is 2.23. The smallest absolute Gasteiger partial charge is 0.230 e. The topological polar surface area (TPSA) is 40.5 Å². The summed E-state index contributed by atoms with van der Waals surface area (Å²) in [6, 6.07) is 9.91. The molecule has 2 atom stereocenters. The first kappa shape index (κ1) is 13.1. The predicted octanol–water partition coefficient (Wildman–Crippen LogP) is 2.16. The van der Waals surface area contributed by atoms with Crippen LogP contribution in [-0.2, 0) is 4.79 Å². The molecule has 3 nitrogen and oxygen atoms in total. The third-order valence-corrected chi connectivity index (χ3v) is 3.62. The molecule has 1 aliphatic rings. The highest BCUT2D eigenvalue weighted by molar-refractivity contribution is 5.83. The van der Waals surface area contributed by atoms with E-state index in [1.807, 2.05) is 42.2 Å². The summed E-state index contributed by atoms with van der Waals surface area (Å²) >= 11 is 0. The molecule has 3 heteroatoms. The zero-order valence-corrected chi connectivity index (χ0v) is 10.9. The van der Waals surface area contributed by atoms with Gasteiger partial charge in [-0.15, -0.1) is 0 Å². The van der Waals surface area contributed by atoms with Crippen molar-refractivity contribution in [1.82, 2.24) is 4.90 Å². The third kappa shape index (κ3) is 2.91. The van der Waals surface area contributed by atoms with E-state index in [0.717, 1.165) is 31.4 Å². The Balaban J connectivity index is 2.10. The van der Waals surface area contributed by atoms with Gasteiger partial charge in [0.1, 0.15) is 0 Å². The Bertz CT molecular complexity index is 391. The molecular formula is C15H21NO2. The first-order valence-electron chi connectivity index (χ1n) is 6.74. The molecule has 0 spiro atoms. The van der Waals surface area contributed by atoms with E-state index < -0.39 is 0 Å². The van der Waals surface area contributed by atoms with Crippen molar-refractivity contribution in [3.8, 4) is 0 Å².